The Labute approximate surface area is 134 Å². The molecule has 0 aliphatic carbocycles. The van der Waals surface area contributed by atoms with E-state index in [-0.39, 0.29) is 17.5 Å². The van der Waals surface area contributed by atoms with Gasteiger partial charge in [-0.2, -0.15) is 10.1 Å². The summed E-state index contributed by atoms with van der Waals surface area (Å²) in [4.78, 5) is 6.34. The van der Waals surface area contributed by atoms with Gasteiger partial charge in [0.2, 0.25) is 5.95 Å². The SMILES string of the molecule is CCN(c1nncc(NCc2ccco2)n1)C1CCS(=O)(=O)C1. The van der Waals surface area contributed by atoms with Crippen LogP contribution in [-0.4, -0.2) is 47.7 Å². The molecule has 1 unspecified atom stereocenters. The standard InChI is InChI=1S/C14H19N5O3S/c1-2-19(11-5-7-23(20,21)10-11)14-17-13(9-16-18-14)15-8-12-4-3-6-22-12/h3-4,6,9,11H,2,5,7-8,10H2,1H3,(H,15,17,18). The number of nitrogens with one attached hydrogen (secondary N) is 1. The van der Waals surface area contributed by atoms with Crippen molar-refractivity contribution in [3.05, 3.63) is 30.4 Å². The van der Waals surface area contributed by atoms with Crippen LogP contribution >= 0.6 is 0 Å². The average Bonchev–Trinajstić information content (AvgIpc) is 3.16. The van der Waals surface area contributed by atoms with E-state index in [1.807, 2.05) is 24.0 Å². The van der Waals surface area contributed by atoms with Crippen LogP contribution in [0.2, 0.25) is 0 Å². The Morgan fingerprint density at radius 3 is 3.00 bits per heavy atom. The number of sulfone groups is 1. The first kappa shape index (κ1) is 15.7. The minimum atomic E-state index is -2.95. The van der Waals surface area contributed by atoms with Crippen molar-refractivity contribution < 1.29 is 12.8 Å². The highest BCUT2D eigenvalue weighted by molar-refractivity contribution is 7.91. The number of hydrogen-bond acceptors (Lipinski definition) is 8. The van der Waals surface area contributed by atoms with Gasteiger partial charge in [-0.1, -0.05) is 0 Å². The molecular formula is C14H19N5O3S. The van der Waals surface area contributed by atoms with Gasteiger partial charge in [-0.3, -0.25) is 0 Å². The third-order valence-corrected chi connectivity index (χ3v) is 5.57. The molecule has 0 amide bonds. The molecule has 1 aliphatic heterocycles. The van der Waals surface area contributed by atoms with E-state index in [0.29, 0.717) is 31.3 Å². The second kappa shape index (κ2) is 6.53. The number of nitrogens with zero attached hydrogens (tertiary/aromatic N) is 4. The molecule has 1 fully saturated rings. The van der Waals surface area contributed by atoms with E-state index in [1.165, 1.54) is 6.20 Å². The molecule has 8 nitrogen and oxygen atoms in total. The summed E-state index contributed by atoms with van der Waals surface area (Å²) in [5.74, 6) is 2.18. The van der Waals surface area contributed by atoms with Gasteiger partial charge in [-0.15, -0.1) is 5.10 Å². The third-order valence-electron chi connectivity index (χ3n) is 3.82. The Bertz CT molecular complexity index is 748. The topological polar surface area (TPSA) is 101 Å². The molecule has 1 saturated heterocycles. The number of rotatable bonds is 6. The maximum Gasteiger partial charge on any atom is 0.247 e. The lowest BCUT2D eigenvalue weighted by atomic mass is 10.2. The van der Waals surface area contributed by atoms with E-state index in [9.17, 15) is 8.42 Å². The van der Waals surface area contributed by atoms with Crippen molar-refractivity contribution in [2.75, 3.05) is 28.3 Å². The van der Waals surface area contributed by atoms with Crippen molar-refractivity contribution in [3.8, 4) is 0 Å². The minimum Gasteiger partial charge on any atom is -0.467 e. The van der Waals surface area contributed by atoms with Crippen molar-refractivity contribution in [2.45, 2.75) is 25.9 Å². The Hall–Kier alpha value is -2.16. The van der Waals surface area contributed by atoms with Crippen LogP contribution in [0.1, 0.15) is 19.1 Å². The van der Waals surface area contributed by atoms with E-state index in [0.717, 1.165) is 5.76 Å². The van der Waals surface area contributed by atoms with Crippen molar-refractivity contribution >= 4 is 21.6 Å². The molecular weight excluding hydrogens is 318 g/mol. The monoisotopic (exact) mass is 337 g/mol. The summed E-state index contributed by atoms with van der Waals surface area (Å²) in [6, 6.07) is 3.59. The third kappa shape index (κ3) is 3.79. The smallest absolute Gasteiger partial charge is 0.247 e. The van der Waals surface area contributed by atoms with E-state index < -0.39 is 9.84 Å². The van der Waals surface area contributed by atoms with Crippen LogP contribution in [0.3, 0.4) is 0 Å². The fourth-order valence-corrected chi connectivity index (χ4v) is 4.41. The number of hydrogen-bond donors (Lipinski definition) is 1. The molecule has 124 valence electrons. The van der Waals surface area contributed by atoms with Crippen LogP contribution in [0.4, 0.5) is 11.8 Å². The highest BCUT2D eigenvalue weighted by Gasteiger charge is 2.33. The molecule has 1 atom stereocenters. The number of furan rings is 1. The van der Waals surface area contributed by atoms with Gasteiger partial charge in [0.1, 0.15) is 5.76 Å². The molecule has 0 aromatic carbocycles. The number of aromatic nitrogens is 3. The minimum absolute atomic E-state index is 0.0906. The summed E-state index contributed by atoms with van der Waals surface area (Å²) in [6.07, 6.45) is 3.75. The molecule has 3 heterocycles. The van der Waals surface area contributed by atoms with Crippen LogP contribution < -0.4 is 10.2 Å². The fraction of sp³-hybridized carbons (Fsp3) is 0.500. The highest BCUT2D eigenvalue weighted by Crippen LogP contribution is 2.21. The lowest BCUT2D eigenvalue weighted by Crippen LogP contribution is -2.37. The van der Waals surface area contributed by atoms with Crippen molar-refractivity contribution in [1.29, 1.82) is 0 Å². The van der Waals surface area contributed by atoms with Crippen LogP contribution in [0.25, 0.3) is 0 Å². The molecule has 1 N–H and O–H groups in total. The zero-order chi connectivity index (χ0) is 16.3. The largest absolute Gasteiger partial charge is 0.467 e. The molecule has 0 saturated carbocycles. The summed E-state index contributed by atoms with van der Waals surface area (Å²) in [5.41, 5.74) is 0. The van der Waals surface area contributed by atoms with Gasteiger partial charge >= 0.3 is 0 Å². The first-order valence-corrected chi connectivity index (χ1v) is 9.32. The predicted octanol–water partition coefficient (Wildman–Crippen LogP) is 1.09. The Balaban J connectivity index is 1.72. The lowest BCUT2D eigenvalue weighted by molar-refractivity contribution is 0.517. The molecule has 1 aliphatic rings. The molecule has 2 aromatic heterocycles. The first-order valence-electron chi connectivity index (χ1n) is 7.50. The van der Waals surface area contributed by atoms with E-state index in [1.54, 1.807) is 6.26 Å². The maximum atomic E-state index is 11.7. The summed E-state index contributed by atoms with van der Waals surface area (Å²) >= 11 is 0. The summed E-state index contributed by atoms with van der Waals surface area (Å²) in [7, 11) is -2.95. The Morgan fingerprint density at radius 1 is 1.48 bits per heavy atom. The van der Waals surface area contributed by atoms with Gasteiger partial charge in [0.15, 0.2) is 15.7 Å². The van der Waals surface area contributed by atoms with Crippen molar-refractivity contribution in [1.82, 2.24) is 15.2 Å². The van der Waals surface area contributed by atoms with Gasteiger partial charge in [0.05, 0.1) is 30.5 Å². The maximum absolute atomic E-state index is 11.7. The van der Waals surface area contributed by atoms with Gasteiger partial charge in [-0.05, 0) is 25.5 Å². The second-order valence-electron chi connectivity index (χ2n) is 5.42. The summed E-state index contributed by atoms with van der Waals surface area (Å²) < 4.78 is 28.6. The fourth-order valence-electron chi connectivity index (χ4n) is 2.68. The number of anilines is 2. The second-order valence-corrected chi connectivity index (χ2v) is 7.65. The highest BCUT2D eigenvalue weighted by atomic mass is 32.2. The van der Waals surface area contributed by atoms with Crippen LogP contribution in [0.5, 0.6) is 0 Å². The molecule has 0 spiro atoms. The summed E-state index contributed by atoms with van der Waals surface area (Å²) in [6.45, 7) is 3.08. The van der Waals surface area contributed by atoms with E-state index in [4.69, 9.17) is 4.42 Å². The molecule has 23 heavy (non-hydrogen) atoms. The molecule has 0 radical (unpaired) electrons. The van der Waals surface area contributed by atoms with Crippen molar-refractivity contribution in [3.63, 3.8) is 0 Å². The molecule has 0 bridgehead atoms. The summed E-state index contributed by atoms with van der Waals surface area (Å²) in [5, 5.41) is 11.1. The molecule has 9 heteroatoms. The van der Waals surface area contributed by atoms with Gasteiger partial charge in [0, 0.05) is 12.6 Å². The zero-order valence-corrected chi connectivity index (χ0v) is 13.7. The molecule has 3 rings (SSSR count). The van der Waals surface area contributed by atoms with E-state index >= 15 is 0 Å². The quantitative estimate of drug-likeness (QED) is 0.836. The predicted molar refractivity (Wildman–Crippen MR) is 85.9 cm³/mol. The van der Waals surface area contributed by atoms with Gasteiger partial charge in [-0.25, -0.2) is 8.42 Å². The van der Waals surface area contributed by atoms with Crippen LogP contribution in [0.15, 0.2) is 29.0 Å². The first-order chi connectivity index (χ1) is 11.1. The van der Waals surface area contributed by atoms with Crippen LogP contribution in [0, 0.1) is 0 Å². The zero-order valence-electron chi connectivity index (χ0n) is 12.8. The van der Waals surface area contributed by atoms with E-state index in [2.05, 4.69) is 20.5 Å². The van der Waals surface area contributed by atoms with Gasteiger partial charge < -0.3 is 14.6 Å². The molecule has 2 aromatic rings. The average molecular weight is 337 g/mol. The van der Waals surface area contributed by atoms with Crippen molar-refractivity contribution in [2.24, 2.45) is 0 Å². The Kier molecular flexibility index (Phi) is 4.46. The van der Waals surface area contributed by atoms with Gasteiger partial charge in [0.25, 0.3) is 0 Å². The van der Waals surface area contributed by atoms with Crippen LogP contribution in [-0.2, 0) is 16.4 Å². The lowest BCUT2D eigenvalue weighted by Gasteiger charge is -2.26. The Morgan fingerprint density at radius 2 is 2.35 bits per heavy atom. The normalized spacial score (nSPS) is 19.6.